The van der Waals surface area contributed by atoms with E-state index in [9.17, 15) is 4.79 Å². The number of rotatable bonds is 5. The van der Waals surface area contributed by atoms with Gasteiger partial charge in [0.2, 0.25) is 0 Å². The van der Waals surface area contributed by atoms with Crippen molar-refractivity contribution in [1.82, 2.24) is 10.2 Å². The van der Waals surface area contributed by atoms with Gasteiger partial charge in [-0.25, -0.2) is 0 Å². The molecule has 4 rings (SSSR count). The van der Waals surface area contributed by atoms with Crippen molar-refractivity contribution in [2.45, 2.75) is 18.9 Å². The topological polar surface area (TPSA) is 32.3 Å². The number of fused-ring (bicyclic) bond motifs is 3. The van der Waals surface area contributed by atoms with Crippen LogP contribution in [0.3, 0.4) is 0 Å². The zero-order valence-electron chi connectivity index (χ0n) is 15.0. The van der Waals surface area contributed by atoms with E-state index in [0.717, 1.165) is 17.7 Å². The highest BCUT2D eigenvalue weighted by Gasteiger charge is 2.22. The van der Waals surface area contributed by atoms with Crippen molar-refractivity contribution in [1.29, 1.82) is 0 Å². The number of hydrogen-bond donors (Lipinski definition) is 1. The van der Waals surface area contributed by atoms with Crippen molar-refractivity contribution in [3.05, 3.63) is 68.7 Å². The van der Waals surface area contributed by atoms with Crippen molar-refractivity contribution in [3.8, 4) is 10.4 Å². The Kier molecular flexibility index (Phi) is 4.94. The normalized spacial score (nSPS) is 14.0. The SMILES string of the molecule is CN(C)C(CNC(=O)c1cc2c(s1)-c1ccccc1CC2)c1cccs1. The van der Waals surface area contributed by atoms with Gasteiger partial charge in [-0.2, -0.15) is 0 Å². The molecule has 1 aromatic carbocycles. The number of nitrogens with zero attached hydrogens (tertiary/aromatic N) is 1. The first-order chi connectivity index (χ1) is 12.6. The number of amides is 1. The van der Waals surface area contributed by atoms with E-state index in [1.807, 2.05) is 0 Å². The third kappa shape index (κ3) is 3.34. The summed E-state index contributed by atoms with van der Waals surface area (Å²) in [6, 6.07) is 15.0. The fourth-order valence-corrected chi connectivity index (χ4v) is 5.59. The molecule has 3 aromatic rings. The summed E-state index contributed by atoms with van der Waals surface area (Å²) in [4.78, 5) is 18.3. The van der Waals surface area contributed by atoms with Crippen molar-refractivity contribution < 1.29 is 4.79 Å². The van der Waals surface area contributed by atoms with E-state index in [1.54, 1.807) is 22.7 Å². The molecule has 26 heavy (non-hydrogen) atoms. The average Bonchev–Trinajstić information content (AvgIpc) is 3.31. The molecule has 1 aliphatic carbocycles. The van der Waals surface area contributed by atoms with Crippen LogP contribution in [0.1, 0.15) is 31.7 Å². The first-order valence-corrected chi connectivity index (χ1v) is 10.5. The molecule has 1 unspecified atom stereocenters. The van der Waals surface area contributed by atoms with E-state index in [-0.39, 0.29) is 11.9 Å². The fraction of sp³-hybridized carbons (Fsp3) is 0.286. The summed E-state index contributed by atoms with van der Waals surface area (Å²) in [5.74, 6) is 0.0327. The standard InChI is InChI=1S/C21H22N2OS2/c1-23(2)17(18-8-5-11-25-18)13-22-21(24)19-12-15-10-9-14-6-3-4-7-16(14)20(15)26-19/h3-8,11-12,17H,9-10,13H2,1-2H3,(H,22,24). The van der Waals surface area contributed by atoms with Crippen molar-refractivity contribution >= 4 is 28.6 Å². The summed E-state index contributed by atoms with van der Waals surface area (Å²) >= 11 is 3.35. The van der Waals surface area contributed by atoms with E-state index in [2.05, 4.69) is 72.2 Å². The minimum absolute atomic E-state index is 0.0327. The van der Waals surface area contributed by atoms with Crippen molar-refractivity contribution in [2.24, 2.45) is 0 Å². The van der Waals surface area contributed by atoms with Gasteiger partial charge in [0.25, 0.3) is 5.91 Å². The largest absolute Gasteiger partial charge is 0.349 e. The van der Waals surface area contributed by atoms with Crippen LogP contribution in [0.2, 0.25) is 0 Å². The molecular formula is C21H22N2OS2. The molecule has 0 saturated carbocycles. The fourth-order valence-electron chi connectivity index (χ4n) is 3.48. The van der Waals surface area contributed by atoms with Crippen LogP contribution in [0, 0.1) is 0 Å². The van der Waals surface area contributed by atoms with Crippen LogP contribution in [-0.2, 0) is 12.8 Å². The number of likely N-dealkylation sites (N-methyl/N-ethyl adjacent to an activating group) is 1. The molecule has 1 aliphatic rings. The summed E-state index contributed by atoms with van der Waals surface area (Å²) < 4.78 is 0. The van der Waals surface area contributed by atoms with Crippen LogP contribution >= 0.6 is 22.7 Å². The van der Waals surface area contributed by atoms with Gasteiger partial charge in [0.1, 0.15) is 0 Å². The Balaban J connectivity index is 1.51. The van der Waals surface area contributed by atoms with E-state index >= 15 is 0 Å². The molecule has 0 saturated heterocycles. The molecule has 2 aromatic heterocycles. The molecule has 0 fully saturated rings. The summed E-state index contributed by atoms with van der Waals surface area (Å²) in [6.45, 7) is 0.617. The van der Waals surface area contributed by atoms with Gasteiger partial charge in [-0.05, 0) is 61.1 Å². The molecule has 134 valence electrons. The minimum atomic E-state index is 0.0327. The number of benzene rings is 1. The van der Waals surface area contributed by atoms with Gasteiger partial charge in [-0.3, -0.25) is 4.79 Å². The predicted octanol–water partition coefficient (Wildman–Crippen LogP) is 4.61. The first kappa shape index (κ1) is 17.5. The molecule has 0 aliphatic heterocycles. The number of aryl methyl sites for hydroxylation is 2. The van der Waals surface area contributed by atoms with Gasteiger partial charge in [-0.15, -0.1) is 22.7 Å². The highest BCUT2D eigenvalue weighted by molar-refractivity contribution is 7.17. The second-order valence-corrected chi connectivity index (χ2v) is 8.86. The Morgan fingerprint density at radius 1 is 1.15 bits per heavy atom. The third-order valence-corrected chi connectivity index (χ3v) is 7.09. The number of nitrogens with one attached hydrogen (secondary N) is 1. The molecule has 1 N–H and O–H groups in total. The van der Waals surface area contributed by atoms with Gasteiger partial charge in [0.05, 0.1) is 10.9 Å². The van der Waals surface area contributed by atoms with Crippen molar-refractivity contribution in [2.75, 3.05) is 20.6 Å². The second kappa shape index (κ2) is 7.35. The maximum absolute atomic E-state index is 12.8. The van der Waals surface area contributed by atoms with Crippen LogP contribution in [0.25, 0.3) is 10.4 Å². The molecule has 0 bridgehead atoms. The number of thiophene rings is 2. The lowest BCUT2D eigenvalue weighted by atomic mass is 9.91. The smallest absolute Gasteiger partial charge is 0.261 e. The summed E-state index contributed by atoms with van der Waals surface area (Å²) in [5.41, 5.74) is 3.99. The zero-order chi connectivity index (χ0) is 18.1. The Bertz CT molecular complexity index is 912. The van der Waals surface area contributed by atoms with E-state index < -0.39 is 0 Å². The molecule has 3 nitrogen and oxygen atoms in total. The summed E-state index contributed by atoms with van der Waals surface area (Å²) in [7, 11) is 4.11. The van der Waals surface area contributed by atoms with Crippen LogP contribution in [0.15, 0.2) is 47.8 Å². The molecule has 0 radical (unpaired) electrons. The third-order valence-electron chi connectivity index (χ3n) is 4.91. The molecule has 1 atom stereocenters. The van der Waals surface area contributed by atoms with E-state index in [4.69, 9.17) is 0 Å². The van der Waals surface area contributed by atoms with E-state index in [0.29, 0.717) is 6.54 Å². The Morgan fingerprint density at radius 3 is 2.73 bits per heavy atom. The highest BCUT2D eigenvalue weighted by atomic mass is 32.1. The maximum atomic E-state index is 12.8. The van der Waals surface area contributed by atoms with Crippen LogP contribution in [-0.4, -0.2) is 31.4 Å². The van der Waals surface area contributed by atoms with Gasteiger partial charge in [0, 0.05) is 16.3 Å². The van der Waals surface area contributed by atoms with Gasteiger partial charge in [-0.1, -0.05) is 30.3 Å². The Morgan fingerprint density at radius 2 is 1.96 bits per heavy atom. The summed E-state index contributed by atoms with van der Waals surface area (Å²) in [6.07, 6.45) is 2.08. The second-order valence-electron chi connectivity index (χ2n) is 6.83. The lowest BCUT2D eigenvalue weighted by Crippen LogP contribution is -2.33. The van der Waals surface area contributed by atoms with Gasteiger partial charge < -0.3 is 10.2 Å². The Labute approximate surface area is 162 Å². The quantitative estimate of drug-likeness (QED) is 0.699. The maximum Gasteiger partial charge on any atom is 0.261 e. The average molecular weight is 383 g/mol. The number of hydrogen-bond acceptors (Lipinski definition) is 4. The molecule has 2 heterocycles. The zero-order valence-corrected chi connectivity index (χ0v) is 16.6. The highest BCUT2D eigenvalue weighted by Crippen LogP contribution is 2.39. The van der Waals surface area contributed by atoms with Crippen LogP contribution < -0.4 is 5.32 Å². The lowest BCUT2D eigenvalue weighted by molar-refractivity contribution is 0.0946. The minimum Gasteiger partial charge on any atom is -0.349 e. The molecule has 5 heteroatoms. The number of carbonyl (C=O) groups is 1. The van der Waals surface area contributed by atoms with E-state index in [1.165, 1.54) is 26.4 Å². The lowest BCUT2D eigenvalue weighted by Gasteiger charge is -2.23. The number of carbonyl (C=O) groups excluding carboxylic acids is 1. The molecule has 0 spiro atoms. The predicted molar refractivity (Wildman–Crippen MR) is 110 cm³/mol. The van der Waals surface area contributed by atoms with Crippen LogP contribution in [0.5, 0.6) is 0 Å². The Hall–Kier alpha value is -1.95. The van der Waals surface area contributed by atoms with Crippen LogP contribution in [0.4, 0.5) is 0 Å². The molecular weight excluding hydrogens is 360 g/mol. The van der Waals surface area contributed by atoms with Gasteiger partial charge in [0.15, 0.2) is 0 Å². The van der Waals surface area contributed by atoms with Crippen molar-refractivity contribution in [3.63, 3.8) is 0 Å². The first-order valence-electron chi connectivity index (χ1n) is 8.82. The summed E-state index contributed by atoms with van der Waals surface area (Å²) in [5, 5.41) is 5.22. The van der Waals surface area contributed by atoms with Gasteiger partial charge >= 0.3 is 0 Å². The molecule has 1 amide bonds. The monoisotopic (exact) mass is 382 g/mol.